The fourth-order valence-corrected chi connectivity index (χ4v) is 3.68. The molecule has 0 radical (unpaired) electrons. The van der Waals surface area contributed by atoms with Crippen molar-refractivity contribution in [2.75, 3.05) is 0 Å². The largest absolute Gasteiger partial charge is 0.293 e. The minimum atomic E-state index is 0.178. The second-order valence-electron chi connectivity index (χ2n) is 5.01. The molecule has 1 aromatic carbocycles. The third-order valence-electron chi connectivity index (χ3n) is 3.80. The van der Waals surface area contributed by atoms with Gasteiger partial charge in [-0.05, 0) is 54.3 Å². The number of benzene rings is 1. The molecule has 1 heterocycles. The van der Waals surface area contributed by atoms with Crippen LogP contribution in [0.2, 0.25) is 0 Å². The van der Waals surface area contributed by atoms with E-state index in [9.17, 15) is 4.79 Å². The number of ketones is 1. The summed E-state index contributed by atoms with van der Waals surface area (Å²) in [5.41, 5.74) is 3.91. The third-order valence-corrected chi connectivity index (χ3v) is 4.83. The van der Waals surface area contributed by atoms with E-state index in [0.29, 0.717) is 5.78 Å². The van der Waals surface area contributed by atoms with E-state index in [2.05, 4.69) is 24.3 Å². The van der Waals surface area contributed by atoms with Crippen LogP contribution in [0.25, 0.3) is 0 Å². The van der Waals surface area contributed by atoms with Gasteiger partial charge in [0.2, 0.25) is 0 Å². The number of carbonyl (C=O) groups excluding carboxylic acids is 1. The number of carbonyl (C=O) groups is 1. The molecule has 1 aromatic heterocycles. The molecule has 92 valence electrons. The van der Waals surface area contributed by atoms with E-state index in [4.69, 9.17) is 0 Å². The number of aryl methyl sites for hydroxylation is 2. The van der Waals surface area contributed by atoms with Crippen LogP contribution in [0.4, 0.5) is 0 Å². The summed E-state index contributed by atoms with van der Waals surface area (Å²) in [7, 11) is 0. The zero-order chi connectivity index (χ0) is 12.5. The SMILES string of the molecule is Cc1ccsc1C(=O)C1CCc2ccccc2C1. The predicted molar refractivity (Wildman–Crippen MR) is 75.3 cm³/mol. The molecule has 0 aliphatic heterocycles. The highest BCUT2D eigenvalue weighted by Gasteiger charge is 2.26. The van der Waals surface area contributed by atoms with Gasteiger partial charge in [0.15, 0.2) is 5.78 Å². The third kappa shape index (κ3) is 2.01. The van der Waals surface area contributed by atoms with Gasteiger partial charge in [-0.1, -0.05) is 24.3 Å². The van der Waals surface area contributed by atoms with Gasteiger partial charge in [0.1, 0.15) is 0 Å². The van der Waals surface area contributed by atoms with Crippen LogP contribution in [0.5, 0.6) is 0 Å². The first kappa shape index (κ1) is 11.7. The normalized spacial score (nSPS) is 18.4. The maximum Gasteiger partial charge on any atom is 0.176 e. The minimum absolute atomic E-state index is 0.178. The lowest BCUT2D eigenvalue weighted by molar-refractivity contribution is 0.0912. The maximum atomic E-state index is 12.5. The van der Waals surface area contributed by atoms with Gasteiger partial charge in [-0.3, -0.25) is 4.79 Å². The first-order chi connectivity index (χ1) is 8.75. The Morgan fingerprint density at radius 2 is 2.00 bits per heavy atom. The maximum absolute atomic E-state index is 12.5. The van der Waals surface area contributed by atoms with E-state index in [0.717, 1.165) is 29.7 Å². The lowest BCUT2D eigenvalue weighted by atomic mass is 9.81. The van der Waals surface area contributed by atoms with Gasteiger partial charge in [-0.25, -0.2) is 0 Å². The molecule has 0 amide bonds. The number of rotatable bonds is 2. The van der Waals surface area contributed by atoms with Gasteiger partial charge in [0, 0.05) is 5.92 Å². The summed E-state index contributed by atoms with van der Waals surface area (Å²) < 4.78 is 0. The van der Waals surface area contributed by atoms with Crippen molar-refractivity contribution in [1.82, 2.24) is 0 Å². The fraction of sp³-hybridized carbons (Fsp3) is 0.312. The van der Waals surface area contributed by atoms with Crippen molar-refractivity contribution in [3.63, 3.8) is 0 Å². The van der Waals surface area contributed by atoms with Crippen LogP contribution >= 0.6 is 11.3 Å². The standard InChI is InChI=1S/C16H16OS/c1-11-8-9-18-16(11)15(17)14-7-6-12-4-2-3-5-13(12)10-14/h2-5,8-9,14H,6-7,10H2,1H3. The molecule has 1 aliphatic rings. The summed E-state index contributed by atoms with van der Waals surface area (Å²) in [4.78, 5) is 13.5. The van der Waals surface area contributed by atoms with E-state index in [1.807, 2.05) is 18.4 Å². The van der Waals surface area contributed by atoms with Crippen molar-refractivity contribution in [3.8, 4) is 0 Å². The van der Waals surface area contributed by atoms with Gasteiger partial charge in [0.25, 0.3) is 0 Å². The number of fused-ring (bicyclic) bond motifs is 1. The average Bonchev–Trinajstić information content (AvgIpc) is 2.83. The molecule has 0 bridgehead atoms. The van der Waals surface area contributed by atoms with Crippen LogP contribution < -0.4 is 0 Å². The number of hydrogen-bond donors (Lipinski definition) is 0. The monoisotopic (exact) mass is 256 g/mol. The summed E-state index contributed by atoms with van der Waals surface area (Å²) >= 11 is 1.58. The molecule has 1 aliphatic carbocycles. The zero-order valence-electron chi connectivity index (χ0n) is 10.5. The molecule has 18 heavy (non-hydrogen) atoms. The zero-order valence-corrected chi connectivity index (χ0v) is 11.3. The molecule has 0 spiro atoms. The minimum Gasteiger partial charge on any atom is -0.293 e. The molecule has 1 atom stereocenters. The highest BCUT2D eigenvalue weighted by molar-refractivity contribution is 7.12. The molecule has 1 nitrogen and oxygen atoms in total. The van der Waals surface area contributed by atoms with Gasteiger partial charge < -0.3 is 0 Å². The van der Waals surface area contributed by atoms with Crippen LogP contribution in [0.15, 0.2) is 35.7 Å². The van der Waals surface area contributed by atoms with Gasteiger partial charge in [-0.2, -0.15) is 0 Å². The first-order valence-corrected chi connectivity index (χ1v) is 7.29. The van der Waals surface area contributed by atoms with Gasteiger partial charge in [-0.15, -0.1) is 11.3 Å². The molecule has 0 saturated heterocycles. The lowest BCUT2D eigenvalue weighted by Crippen LogP contribution is -2.22. The van der Waals surface area contributed by atoms with Crippen molar-refractivity contribution in [1.29, 1.82) is 0 Å². The highest BCUT2D eigenvalue weighted by Crippen LogP contribution is 2.30. The Labute approximate surface area is 111 Å². The molecular formula is C16H16OS. The molecule has 0 fully saturated rings. The second-order valence-corrected chi connectivity index (χ2v) is 5.92. The van der Waals surface area contributed by atoms with Crippen molar-refractivity contribution < 1.29 is 4.79 Å². The van der Waals surface area contributed by atoms with Crippen molar-refractivity contribution >= 4 is 17.1 Å². The fourth-order valence-electron chi connectivity index (χ4n) is 2.73. The highest BCUT2D eigenvalue weighted by atomic mass is 32.1. The molecule has 2 aromatic rings. The lowest BCUT2D eigenvalue weighted by Gasteiger charge is -2.23. The van der Waals surface area contributed by atoms with Crippen molar-refractivity contribution in [3.05, 3.63) is 57.3 Å². The molecule has 2 heteroatoms. The summed E-state index contributed by atoms with van der Waals surface area (Å²) in [5, 5.41) is 2.01. The Hall–Kier alpha value is -1.41. The Bertz CT molecular complexity index is 582. The Morgan fingerprint density at radius 3 is 2.72 bits per heavy atom. The summed E-state index contributed by atoms with van der Waals surface area (Å²) in [5.74, 6) is 0.522. The van der Waals surface area contributed by atoms with Crippen LogP contribution in [0.1, 0.15) is 32.8 Å². The van der Waals surface area contributed by atoms with E-state index >= 15 is 0 Å². The van der Waals surface area contributed by atoms with Crippen molar-refractivity contribution in [2.45, 2.75) is 26.2 Å². The number of thiophene rings is 1. The molecule has 3 rings (SSSR count). The van der Waals surface area contributed by atoms with Crippen LogP contribution in [-0.4, -0.2) is 5.78 Å². The second kappa shape index (κ2) is 4.69. The quantitative estimate of drug-likeness (QED) is 0.741. The summed E-state index contributed by atoms with van der Waals surface area (Å²) in [6.45, 7) is 2.03. The summed E-state index contributed by atoms with van der Waals surface area (Å²) in [6, 6.07) is 10.5. The van der Waals surface area contributed by atoms with Crippen molar-refractivity contribution in [2.24, 2.45) is 5.92 Å². The molecule has 0 saturated carbocycles. The summed E-state index contributed by atoms with van der Waals surface area (Å²) in [6.07, 6.45) is 2.94. The average molecular weight is 256 g/mol. The molecule has 1 unspecified atom stereocenters. The predicted octanol–water partition coefficient (Wildman–Crippen LogP) is 4.04. The van der Waals surface area contributed by atoms with Crippen LogP contribution in [0, 0.1) is 12.8 Å². The van der Waals surface area contributed by atoms with Gasteiger partial charge in [0.05, 0.1) is 4.88 Å². The molecule has 0 N–H and O–H groups in total. The van der Waals surface area contributed by atoms with Crippen LogP contribution in [0.3, 0.4) is 0 Å². The van der Waals surface area contributed by atoms with E-state index in [1.54, 1.807) is 11.3 Å². The van der Waals surface area contributed by atoms with Gasteiger partial charge >= 0.3 is 0 Å². The van der Waals surface area contributed by atoms with E-state index in [1.165, 1.54) is 11.1 Å². The smallest absolute Gasteiger partial charge is 0.176 e. The Kier molecular flexibility index (Phi) is 3.04. The topological polar surface area (TPSA) is 17.1 Å². The first-order valence-electron chi connectivity index (χ1n) is 6.41. The Morgan fingerprint density at radius 1 is 1.22 bits per heavy atom. The Balaban J connectivity index is 1.84. The van der Waals surface area contributed by atoms with E-state index < -0.39 is 0 Å². The van der Waals surface area contributed by atoms with Crippen LogP contribution in [-0.2, 0) is 12.8 Å². The number of hydrogen-bond acceptors (Lipinski definition) is 2. The number of Topliss-reactive ketones (excluding diaryl/α,β-unsaturated/α-hetero) is 1. The van der Waals surface area contributed by atoms with E-state index in [-0.39, 0.29) is 5.92 Å². The molecular weight excluding hydrogens is 240 g/mol.